The van der Waals surface area contributed by atoms with E-state index in [1.807, 2.05) is 82.3 Å². The number of ether oxygens (including phenoxy) is 2. The average Bonchev–Trinajstić information content (AvgIpc) is 3.94. The Kier molecular flexibility index (Phi) is 7.15. The number of carbonyl (C=O) groups excluding carboxylic acids is 2. The molecule has 274 valence electrons. The third-order valence-electron chi connectivity index (χ3n) is 11.1. The predicted octanol–water partition coefficient (Wildman–Crippen LogP) is 7.05. The van der Waals surface area contributed by atoms with E-state index in [-0.39, 0.29) is 46.6 Å². The van der Waals surface area contributed by atoms with E-state index in [1.165, 1.54) is 0 Å². The van der Waals surface area contributed by atoms with E-state index in [2.05, 4.69) is 15.6 Å². The van der Waals surface area contributed by atoms with E-state index >= 15 is 0 Å². The number of para-hydroxylation sites is 1. The lowest BCUT2D eigenvalue weighted by Crippen LogP contribution is -2.54. The standard InChI is InChI=1S/C40H34Cl2N6O6/c1-15(2)27(43)36(50)45-23-14-17-11-12-24-21(13-17)40-20-9-5-8-19(30(20)53-39(40)51-24)18-7-6-10-22-25(18)26(33(41)44-22)31-34(42)48-38(52-31)29-32(40)54-37(47-29)28(16(3)4)46-35(23)49/h5-13,15-16,23,27-28,39,44H,14,43H2,1-4H3,(H,45,50)(H,46,49). The normalized spacial score (nSPS) is 22.2. The van der Waals surface area contributed by atoms with Crippen molar-refractivity contribution in [1.82, 2.24) is 25.6 Å². The maximum atomic E-state index is 14.2. The number of fused-ring (bicyclic) bond motifs is 7. The summed E-state index contributed by atoms with van der Waals surface area (Å²) in [4.78, 5) is 40.6. The Labute approximate surface area is 318 Å². The average molecular weight is 766 g/mol. The smallest absolute Gasteiger partial charge is 0.262 e. The molecule has 2 amide bonds. The van der Waals surface area contributed by atoms with Crippen LogP contribution in [0.15, 0.2) is 63.4 Å². The summed E-state index contributed by atoms with van der Waals surface area (Å²) in [7, 11) is 0. The molecule has 0 saturated carbocycles. The number of nitrogens with zero attached hydrogens (tertiary/aromatic N) is 2. The molecule has 0 radical (unpaired) electrons. The van der Waals surface area contributed by atoms with Gasteiger partial charge in [0.25, 0.3) is 12.2 Å². The quantitative estimate of drug-likeness (QED) is 0.147. The first-order chi connectivity index (χ1) is 25.9. The topological polar surface area (TPSA) is 171 Å². The Morgan fingerprint density at radius 2 is 1.80 bits per heavy atom. The monoisotopic (exact) mass is 764 g/mol. The number of benzene rings is 3. The van der Waals surface area contributed by atoms with Crippen molar-refractivity contribution >= 4 is 45.9 Å². The van der Waals surface area contributed by atoms with E-state index < -0.39 is 41.6 Å². The number of aromatic nitrogens is 3. The molecule has 54 heavy (non-hydrogen) atoms. The molecule has 4 aliphatic rings. The third kappa shape index (κ3) is 4.47. The first-order valence-electron chi connectivity index (χ1n) is 17.9. The molecule has 4 aliphatic heterocycles. The van der Waals surface area contributed by atoms with Crippen LogP contribution in [-0.2, 0) is 21.4 Å². The first-order valence-corrected chi connectivity index (χ1v) is 18.7. The van der Waals surface area contributed by atoms with E-state index in [4.69, 9.17) is 57.2 Å². The number of H-pyrrole nitrogens is 1. The Morgan fingerprint density at radius 1 is 1.00 bits per heavy atom. The second-order valence-electron chi connectivity index (χ2n) is 15.1. The largest absolute Gasteiger partial charge is 0.453 e. The molecule has 6 aromatic rings. The van der Waals surface area contributed by atoms with Crippen LogP contribution in [0, 0.1) is 11.8 Å². The maximum absolute atomic E-state index is 14.2. The molecule has 10 rings (SSSR count). The minimum absolute atomic E-state index is 0.0818. The lowest BCUT2D eigenvalue weighted by molar-refractivity contribution is -0.130. The van der Waals surface area contributed by atoms with Gasteiger partial charge in [-0.1, -0.05) is 93.4 Å². The zero-order valence-electron chi connectivity index (χ0n) is 29.5. The van der Waals surface area contributed by atoms with Crippen LogP contribution in [0.3, 0.4) is 0 Å². The van der Waals surface area contributed by atoms with Crippen LogP contribution in [0.25, 0.3) is 44.9 Å². The third-order valence-corrected chi connectivity index (χ3v) is 11.7. The van der Waals surface area contributed by atoms with Crippen LogP contribution >= 0.6 is 23.2 Å². The highest BCUT2D eigenvalue weighted by molar-refractivity contribution is 6.37. The number of nitrogens with one attached hydrogen (secondary N) is 3. The molecule has 7 heterocycles. The molecule has 0 saturated heterocycles. The zero-order chi connectivity index (χ0) is 37.4. The van der Waals surface area contributed by atoms with Crippen LogP contribution in [0.5, 0.6) is 11.5 Å². The SMILES string of the molecule is CC(C)C(N)C(=O)NC1Cc2ccc3c(c2)C24c5cccc(c5OC2O3)-c2cccc3[nH]c(Cl)c(c23)-c2oc(nc2Cl)-c2nc(oc24)C(C(C)C)NC1=O. The summed E-state index contributed by atoms with van der Waals surface area (Å²) in [5.74, 6) is 0.867. The van der Waals surface area contributed by atoms with Crippen molar-refractivity contribution in [3.8, 4) is 45.5 Å². The second-order valence-corrected chi connectivity index (χ2v) is 15.8. The summed E-state index contributed by atoms with van der Waals surface area (Å²) in [6.07, 6.45) is -0.765. The van der Waals surface area contributed by atoms with Crippen molar-refractivity contribution in [1.29, 1.82) is 0 Å². The lowest BCUT2D eigenvalue weighted by atomic mass is 9.72. The second kappa shape index (κ2) is 11.6. The Hall–Kier alpha value is -5.30. The highest BCUT2D eigenvalue weighted by Gasteiger charge is 2.63. The number of hydrogen-bond donors (Lipinski definition) is 4. The van der Waals surface area contributed by atoms with Gasteiger partial charge in [0.1, 0.15) is 28.7 Å². The summed E-state index contributed by atoms with van der Waals surface area (Å²) in [5.41, 5.74) is 10.5. The molecule has 5 N–H and O–H groups in total. The molecule has 12 nitrogen and oxygen atoms in total. The van der Waals surface area contributed by atoms with E-state index in [0.29, 0.717) is 28.0 Å². The summed E-state index contributed by atoms with van der Waals surface area (Å²) >= 11 is 13.9. The van der Waals surface area contributed by atoms with Crippen LogP contribution in [0.2, 0.25) is 10.3 Å². The van der Waals surface area contributed by atoms with Crippen LogP contribution in [0.4, 0.5) is 0 Å². The van der Waals surface area contributed by atoms with Gasteiger partial charge < -0.3 is 39.7 Å². The van der Waals surface area contributed by atoms with E-state index in [9.17, 15) is 9.59 Å². The van der Waals surface area contributed by atoms with E-state index in [1.54, 1.807) is 0 Å². The van der Waals surface area contributed by atoms with Crippen molar-refractivity contribution in [3.63, 3.8) is 0 Å². The van der Waals surface area contributed by atoms with Gasteiger partial charge in [0.05, 0.1) is 11.6 Å². The Morgan fingerprint density at radius 3 is 2.59 bits per heavy atom. The van der Waals surface area contributed by atoms with Gasteiger partial charge in [0.2, 0.25) is 17.7 Å². The van der Waals surface area contributed by atoms with Crippen molar-refractivity contribution in [2.24, 2.45) is 17.6 Å². The molecule has 5 unspecified atom stereocenters. The van der Waals surface area contributed by atoms with Crippen LogP contribution in [0.1, 0.15) is 62.1 Å². The minimum atomic E-state index is -1.23. The van der Waals surface area contributed by atoms with Gasteiger partial charge in [-0.2, -0.15) is 4.98 Å². The van der Waals surface area contributed by atoms with Gasteiger partial charge in [0.15, 0.2) is 27.8 Å². The number of carbonyl (C=O) groups is 2. The van der Waals surface area contributed by atoms with Crippen molar-refractivity contribution < 1.29 is 27.9 Å². The predicted molar refractivity (Wildman–Crippen MR) is 200 cm³/mol. The maximum Gasteiger partial charge on any atom is 0.262 e. The van der Waals surface area contributed by atoms with E-state index in [0.717, 1.165) is 38.7 Å². The van der Waals surface area contributed by atoms with Crippen molar-refractivity contribution in [2.75, 3.05) is 0 Å². The van der Waals surface area contributed by atoms with Crippen molar-refractivity contribution in [2.45, 2.75) is 63.9 Å². The fourth-order valence-electron chi connectivity index (χ4n) is 8.35. The molecule has 10 bridgehead atoms. The fraction of sp³-hybridized carbons (Fsp3) is 0.300. The van der Waals surface area contributed by atoms with Gasteiger partial charge >= 0.3 is 0 Å². The molecule has 3 aromatic carbocycles. The van der Waals surface area contributed by atoms with Gasteiger partial charge in [-0.05, 0) is 35.1 Å². The molecule has 14 heteroatoms. The number of rotatable bonds is 4. The van der Waals surface area contributed by atoms with Gasteiger partial charge in [0, 0.05) is 34.0 Å². The zero-order valence-corrected chi connectivity index (χ0v) is 31.1. The van der Waals surface area contributed by atoms with Gasteiger partial charge in [-0.25, -0.2) is 4.98 Å². The van der Waals surface area contributed by atoms with Crippen LogP contribution < -0.4 is 25.8 Å². The molecular weight excluding hydrogens is 731 g/mol. The summed E-state index contributed by atoms with van der Waals surface area (Å²) < 4.78 is 27.2. The summed E-state index contributed by atoms with van der Waals surface area (Å²) in [6, 6.07) is 15.1. The Bertz CT molecular complexity index is 2590. The number of hydrogen-bond acceptors (Lipinski definition) is 9. The molecule has 0 aliphatic carbocycles. The summed E-state index contributed by atoms with van der Waals surface area (Å²) in [5, 5.41) is 7.23. The summed E-state index contributed by atoms with van der Waals surface area (Å²) in [6.45, 7) is 7.61. The number of aromatic amines is 1. The molecular formula is C40H34Cl2N6O6. The van der Waals surface area contributed by atoms with Crippen molar-refractivity contribution in [3.05, 3.63) is 93.2 Å². The molecule has 1 spiro atoms. The number of halogens is 2. The first kappa shape index (κ1) is 33.3. The highest BCUT2D eigenvalue weighted by Crippen LogP contribution is 2.63. The number of oxazole rings is 2. The molecule has 5 atom stereocenters. The van der Waals surface area contributed by atoms with Gasteiger partial charge in [-0.15, -0.1) is 0 Å². The Balaban J connectivity index is 1.30. The lowest BCUT2D eigenvalue weighted by Gasteiger charge is -2.28. The van der Waals surface area contributed by atoms with Crippen LogP contribution in [-0.4, -0.2) is 45.1 Å². The number of nitrogens with two attached hydrogens (primary N) is 1. The fourth-order valence-corrected chi connectivity index (χ4v) is 8.84. The molecule has 3 aromatic heterocycles. The van der Waals surface area contributed by atoms with Gasteiger partial charge in [-0.3, -0.25) is 9.59 Å². The minimum Gasteiger partial charge on any atom is -0.453 e. The molecule has 0 fully saturated rings. The number of amides is 2. The highest BCUT2D eigenvalue weighted by atomic mass is 35.5.